The Morgan fingerprint density at radius 2 is 1.65 bits per heavy atom. The van der Waals surface area contributed by atoms with Crippen molar-refractivity contribution in [2.24, 2.45) is 5.92 Å². The van der Waals surface area contributed by atoms with Gasteiger partial charge in [-0.2, -0.15) is 0 Å². The third-order valence-corrected chi connectivity index (χ3v) is 5.85. The number of hydrogen-bond acceptors (Lipinski definition) is 3. The highest BCUT2D eigenvalue weighted by molar-refractivity contribution is 5.96. The highest BCUT2D eigenvalue weighted by atomic mass is 35.5. The summed E-state index contributed by atoms with van der Waals surface area (Å²) >= 11 is 0. The van der Waals surface area contributed by atoms with Crippen LogP contribution in [0.5, 0.6) is 0 Å². The first-order valence-electron chi connectivity index (χ1n) is 9.62. The Labute approximate surface area is 161 Å². The van der Waals surface area contributed by atoms with Crippen molar-refractivity contribution in [2.75, 3.05) is 18.4 Å². The zero-order valence-corrected chi connectivity index (χ0v) is 15.9. The summed E-state index contributed by atoms with van der Waals surface area (Å²) in [5, 5.41) is 6.61. The first-order valence-corrected chi connectivity index (χ1v) is 9.62. The van der Waals surface area contributed by atoms with Crippen LogP contribution in [0.15, 0.2) is 24.3 Å². The van der Waals surface area contributed by atoms with Gasteiger partial charge in [-0.1, -0.05) is 0 Å². The molecule has 0 aromatic heterocycles. The molecule has 5 nitrogen and oxygen atoms in total. The van der Waals surface area contributed by atoms with Crippen molar-refractivity contribution in [1.29, 1.82) is 0 Å². The van der Waals surface area contributed by atoms with Crippen LogP contribution in [0.3, 0.4) is 0 Å². The molecule has 2 N–H and O–H groups in total. The van der Waals surface area contributed by atoms with E-state index in [0.717, 1.165) is 44.5 Å². The van der Waals surface area contributed by atoms with Crippen LogP contribution in [0.25, 0.3) is 0 Å². The van der Waals surface area contributed by atoms with Gasteiger partial charge in [-0.3, -0.25) is 9.59 Å². The van der Waals surface area contributed by atoms with Crippen LogP contribution >= 0.6 is 12.4 Å². The Hall–Kier alpha value is -1.59. The highest BCUT2D eigenvalue weighted by Gasteiger charge is 2.34. The molecule has 1 aromatic carbocycles. The van der Waals surface area contributed by atoms with Gasteiger partial charge < -0.3 is 15.5 Å². The molecule has 3 fully saturated rings. The van der Waals surface area contributed by atoms with E-state index in [4.69, 9.17) is 0 Å². The van der Waals surface area contributed by atoms with E-state index in [9.17, 15) is 9.59 Å². The summed E-state index contributed by atoms with van der Waals surface area (Å²) in [7, 11) is 0. The van der Waals surface area contributed by atoms with Crippen LogP contribution in [0, 0.1) is 5.92 Å². The van der Waals surface area contributed by atoms with Gasteiger partial charge in [-0.25, -0.2) is 0 Å². The summed E-state index contributed by atoms with van der Waals surface area (Å²) in [5.74, 6) is 0.681. The number of fused-ring (bicyclic) bond motifs is 2. The van der Waals surface area contributed by atoms with Gasteiger partial charge in [0.2, 0.25) is 5.91 Å². The number of rotatable bonds is 4. The summed E-state index contributed by atoms with van der Waals surface area (Å²) in [6, 6.07) is 8.56. The molecule has 3 heterocycles. The molecule has 0 spiro atoms. The molecular formula is C20H28ClN3O2. The van der Waals surface area contributed by atoms with Crippen LogP contribution in [0.2, 0.25) is 0 Å². The average molecular weight is 378 g/mol. The van der Waals surface area contributed by atoms with Crippen molar-refractivity contribution in [1.82, 2.24) is 10.2 Å². The van der Waals surface area contributed by atoms with Gasteiger partial charge in [0.25, 0.3) is 5.91 Å². The second-order valence-corrected chi connectivity index (χ2v) is 7.80. The minimum Gasteiger partial charge on any atom is -0.339 e. The fourth-order valence-electron chi connectivity index (χ4n) is 4.61. The maximum Gasteiger partial charge on any atom is 0.253 e. The normalized spacial score (nSPS) is 27.1. The number of carbonyl (C=O) groups is 2. The summed E-state index contributed by atoms with van der Waals surface area (Å²) in [5.41, 5.74) is 1.48. The van der Waals surface area contributed by atoms with Crippen molar-refractivity contribution in [2.45, 2.75) is 57.0 Å². The van der Waals surface area contributed by atoms with E-state index in [1.54, 1.807) is 0 Å². The molecule has 142 valence electrons. The zero-order chi connectivity index (χ0) is 17.2. The lowest BCUT2D eigenvalue weighted by Gasteiger charge is -2.28. The molecule has 2 bridgehead atoms. The Kier molecular flexibility index (Phi) is 6.20. The summed E-state index contributed by atoms with van der Waals surface area (Å²) in [6.45, 7) is 1.71. The first-order chi connectivity index (χ1) is 12.2. The molecule has 3 aliphatic rings. The van der Waals surface area contributed by atoms with E-state index in [1.165, 1.54) is 12.8 Å². The lowest BCUT2D eigenvalue weighted by atomic mass is 9.89. The Morgan fingerprint density at radius 1 is 1.04 bits per heavy atom. The lowest BCUT2D eigenvalue weighted by molar-refractivity contribution is -0.117. The molecule has 0 radical (unpaired) electrons. The van der Waals surface area contributed by atoms with E-state index in [-0.39, 0.29) is 24.2 Å². The zero-order valence-electron chi connectivity index (χ0n) is 15.1. The minimum absolute atomic E-state index is 0. The number of piperidine rings is 1. The molecule has 1 aromatic rings. The molecule has 4 rings (SSSR count). The molecule has 3 saturated heterocycles. The number of hydrogen-bond donors (Lipinski definition) is 2. The second-order valence-electron chi connectivity index (χ2n) is 7.80. The fourth-order valence-corrected chi connectivity index (χ4v) is 4.61. The van der Waals surface area contributed by atoms with E-state index in [2.05, 4.69) is 10.6 Å². The van der Waals surface area contributed by atoms with Gasteiger partial charge in [-0.05, 0) is 68.7 Å². The third-order valence-electron chi connectivity index (χ3n) is 5.85. The first kappa shape index (κ1) is 19.2. The minimum atomic E-state index is 0. The monoisotopic (exact) mass is 377 g/mol. The van der Waals surface area contributed by atoms with Crippen LogP contribution in [-0.2, 0) is 4.79 Å². The molecule has 0 saturated carbocycles. The molecule has 6 heteroatoms. The number of anilines is 1. The number of halogens is 1. The maximum absolute atomic E-state index is 12.3. The predicted molar refractivity (Wildman–Crippen MR) is 105 cm³/mol. The summed E-state index contributed by atoms with van der Waals surface area (Å²) in [4.78, 5) is 26.6. The molecule has 3 aliphatic heterocycles. The van der Waals surface area contributed by atoms with Crippen molar-refractivity contribution in [3.63, 3.8) is 0 Å². The smallest absolute Gasteiger partial charge is 0.253 e. The van der Waals surface area contributed by atoms with E-state index in [1.807, 2.05) is 29.2 Å². The van der Waals surface area contributed by atoms with Crippen LogP contribution in [0.4, 0.5) is 5.69 Å². The standard InChI is InChI=1S/C20H27N3O2.ClH/c24-19(13-14-11-17-7-8-18(12-14)21-17)22-16-5-3-15(4-6-16)20(25)23-9-1-2-10-23;/h3-6,14,17-18,21H,1-2,7-13H2,(H,22,24);1H. The largest absolute Gasteiger partial charge is 0.339 e. The summed E-state index contributed by atoms with van der Waals surface area (Å²) in [6.07, 6.45) is 7.55. The second kappa shape index (κ2) is 8.40. The number of amides is 2. The lowest BCUT2D eigenvalue weighted by Crippen LogP contribution is -2.39. The maximum atomic E-state index is 12.3. The van der Waals surface area contributed by atoms with E-state index < -0.39 is 0 Å². The van der Waals surface area contributed by atoms with Crippen molar-refractivity contribution < 1.29 is 9.59 Å². The number of nitrogens with zero attached hydrogens (tertiary/aromatic N) is 1. The molecule has 0 aliphatic carbocycles. The third kappa shape index (κ3) is 4.38. The predicted octanol–water partition coefficient (Wildman–Crippen LogP) is 3.20. The quantitative estimate of drug-likeness (QED) is 0.847. The van der Waals surface area contributed by atoms with Crippen LogP contribution in [-0.4, -0.2) is 41.9 Å². The van der Waals surface area contributed by atoms with Gasteiger partial charge in [0.15, 0.2) is 0 Å². The summed E-state index contributed by atoms with van der Waals surface area (Å²) < 4.78 is 0. The van der Waals surface area contributed by atoms with E-state index >= 15 is 0 Å². The van der Waals surface area contributed by atoms with E-state index in [0.29, 0.717) is 30.0 Å². The molecule has 2 amide bonds. The molecule has 2 atom stereocenters. The topological polar surface area (TPSA) is 61.4 Å². The Bertz CT molecular complexity index is 631. The van der Waals surface area contributed by atoms with Gasteiger partial charge in [-0.15, -0.1) is 12.4 Å². The fraction of sp³-hybridized carbons (Fsp3) is 0.600. The SMILES string of the molecule is Cl.O=C(CC1CC2CCC(C1)N2)Nc1ccc(C(=O)N2CCCC2)cc1. The molecule has 2 unspecified atom stereocenters. The Balaban J connectivity index is 0.00000196. The molecular weight excluding hydrogens is 350 g/mol. The molecule has 26 heavy (non-hydrogen) atoms. The van der Waals surface area contributed by atoms with Crippen molar-refractivity contribution in [3.8, 4) is 0 Å². The average Bonchev–Trinajstić information content (AvgIpc) is 3.25. The highest BCUT2D eigenvalue weighted by Crippen LogP contribution is 2.32. The van der Waals surface area contributed by atoms with Crippen molar-refractivity contribution in [3.05, 3.63) is 29.8 Å². The number of benzene rings is 1. The van der Waals surface area contributed by atoms with Crippen LogP contribution < -0.4 is 10.6 Å². The van der Waals surface area contributed by atoms with Gasteiger partial charge in [0.1, 0.15) is 0 Å². The van der Waals surface area contributed by atoms with Gasteiger partial charge >= 0.3 is 0 Å². The number of likely N-dealkylation sites (tertiary alicyclic amines) is 1. The Morgan fingerprint density at radius 3 is 2.27 bits per heavy atom. The number of carbonyl (C=O) groups excluding carboxylic acids is 2. The number of nitrogens with one attached hydrogen (secondary N) is 2. The van der Waals surface area contributed by atoms with Crippen molar-refractivity contribution >= 4 is 29.9 Å². The van der Waals surface area contributed by atoms with Crippen LogP contribution in [0.1, 0.15) is 55.3 Å². The van der Waals surface area contributed by atoms with Gasteiger partial charge in [0, 0.05) is 42.8 Å². The van der Waals surface area contributed by atoms with Gasteiger partial charge in [0.05, 0.1) is 0 Å².